The van der Waals surface area contributed by atoms with E-state index < -0.39 is 16.7 Å². The number of nitrogens with one attached hydrogen (secondary N) is 1. The Bertz CT molecular complexity index is 1260. The summed E-state index contributed by atoms with van der Waals surface area (Å²) in [6, 6.07) is 18.5. The second-order valence-electron chi connectivity index (χ2n) is 7.84. The summed E-state index contributed by atoms with van der Waals surface area (Å²) in [5.41, 5.74) is 4.81. The molecule has 3 aromatic rings. The molecule has 0 saturated carbocycles. The second kappa shape index (κ2) is 8.11. The highest BCUT2D eigenvalue weighted by molar-refractivity contribution is 6.46. The van der Waals surface area contributed by atoms with Crippen molar-refractivity contribution in [2.75, 3.05) is 10.2 Å². The molecule has 0 atom stereocenters. The van der Waals surface area contributed by atoms with Crippen molar-refractivity contribution >= 4 is 34.4 Å². The van der Waals surface area contributed by atoms with E-state index in [1.807, 2.05) is 51.1 Å². The number of imide groups is 1. The van der Waals surface area contributed by atoms with E-state index in [0.29, 0.717) is 16.9 Å². The molecule has 1 aliphatic rings. The van der Waals surface area contributed by atoms with Gasteiger partial charge < -0.3 is 5.32 Å². The average Bonchev–Trinajstić information content (AvgIpc) is 2.98. The van der Waals surface area contributed by atoms with E-state index in [1.165, 1.54) is 24.3 Å². The van der Waals surface area contributed by atoms with Crippen LogP contribution in [0.5, 0.6) is 0 Å². The van der Waals surface area contributed by atoms with Crippen molar-refractivity contribution in [1.29, 1.82) is 0 Å². The normalized spacial score (nSPS) is 13.7. The van der Waals surface area contributed by atoms with E-state index in [-0.39, 0.29) is 17.0 Å². The minimum atomic E-state index is -0.507. The fourth-order valence-corrected chi connectivity index (χ4v) is 3.78. The molecule has 1 heterocycles. The number of rotatable bonds is 5. The summed E-state index contributed by atoms with van der Waals surface area (Å²) < 4.78 is 0. The number of nitro groups is 1. The molecule has 160 valence electrons. The molecule has 7 heteroatoms. The van der Waals surface area contributed by atoms with Gasteiger partial charge in [-0.05, 0) is 73.9 Å². The summed E-state index contributed by atoms with van der Waals surface area (Å²) >= 11 is 0. The second-order valence-corrected chi connectivity index (χ2v) is 7.84. The number of carbonyl (C=O) groups is 2. The van der Waals surface area contributed by atoms with Crippen molar-refractivity contribution < 1.29 is 14.5 Å². The number of benzene rings is 3. The first-order chi connectivity index (χ1) is 15.2. The standard InChI is InChI=1S/C25H21N3O4/c1-15-4-8-20(9-5-15)27-24(29)22(18-6-10-21(11-7-18)28(31)32)23(25(27)30)26-19-13-16(2)12-17(3)14-19/h4-14,26H,1-3H3. The van der Waals surface area contributed by atoms with Gasteiger partial charge in [0.05, 0.1) is 16.2 Å². The maximum atomic E-state index is 13.4. The van der Waals surface area contributed by atoms with Crippen molar-refractivity contribution in [2.45, 2.75) is 20.8 Å². The molecule has 0 radical (unpaired) electrons. The Labute approximate surface area is 185 Å². The summed E-state index contributed by atoms with van der Waals surface area (Å²) in [4.78, 5) is 38.5. The molecule has 0 aromatic heterocycles. The lowest BCUT2D eigenvalue weighted by molar-refractivity contribution is -0.384. The Morgan fingerprint density at radius 2 is 1.38 bits per heavy atom. The van der Waals surface area contributed by atoms with Crippen LogP contribution < -0.4 is 10.2 Å². The molecule has 0 aliphatic carbocycles. The van der Waals surface area contributed by atoms with Gasteiger partial charge in [0, 0.05) is 17.8 Å². The van der Waals surface area contributed by atoms with Crippen LogP contribution in [0.1, 0.15) is 22.3 Å². The molecule has 1 N–H and O–H groups in total. The number of amides is 2. The van der Waals surface area contributed by atoms with Crippen molar-refractivity contribution in [3.63, 3.8) is 0 Å². The van der Waals surface area contributed by atoms with E-state index in [1.54, 1.807) is 12.1 Å². The maximum absolute atomic E-state index is 13.4. The topological polar surface area (TPSA) is 92.6 Å². The number of anilines is 2. The third-order valence-electron chi connectivity index (χ3n) is 5.23. The molecule has 0 spiro atoms. The predicted octanol–water partition coefficient (Wildman–Crippen LogP) is 4.92. The fraction of sp³-hybridized carbons (Fsp3) is 0.120. The van der Waals surface area contributed by atoms with Crippen molar-refractivity contribution in [1.82, 2.24) is 0 Å². The highest BCUT2D eigenvalue weighted by Gasteiger charge is 2.40. The van der Waals surface area contributed by atoms with Crippen molar-refractivity contribution in [3.8, 4) is 0 Å². The molecular formula is C25H21N3O4. The van der Waals surface area contributed by atoms with Crippen LogP contribution in [-0.4, -0.2) is 16.7 Å². The van der Waals surface area contributed by atoms with E-state index in [2.05, 4.69) is 5.32 Å². The predicted molar refractivity (Wildman–Crippen MR) is 123 cm³/mol. The third kappa shape index (κ3) is 3.88. The van der Waals surface area contributed by atoms with E-state index >= 15 is 0 Å². The van der Waals surface area contributed by atoms with Gasteiger partial charge in [-0.2, -0.15) is 0 Å². The minimum Gasteiger partial charge on any atom is -0.350 e. The van der Waals surface area contributed by atoms with Crippen LogP contribution in [-0.2, 0) is 9.59 Å². The largest absolute Gasteiger partial charge is 0.350 e. The minimum absolute atomic E-state index is 0.0923. The number of hydrogen-bond acceptors (Lipinski definition) is 5. The molecule has 32 heavy (non-hydrogen) atoms. The zero-order valence-corrected chi connectivity index (χ0v) is 17.9. The number of hydrogen-bond donors (Lipinski definition) is 1. The fourth-order valence-electron chi connectivity index (χ4n) is 3.78. The maximum Gasteiger partial charge on any atom is 0.282 e. The number of nitrogens with zero attached hydrogens (tertiary/aromatic N) is 2. The van der Waals surface area contributed by atoms with Gasteiger partial charge in [-0.3, -0.25) is 19.7 Å². The smallest absolute Gasteiger partial charge is 0.282 e. The molecule has 0 unspecified atom stereocenters. The number of aryl methyl sites for hydroxylation is 3. The SMILES string of the molecule is Cc1ccc(N2C(=O)C(Nc3cc(C)cc(C)c3)=C(c3ccc([N+](=O)[O-])cc3)C2=O)cc1. The van der Waals surface area contributed by atoms with Gasteiger partial charge in [0.15, 0.2) is 0 Å². The molecule has 3 aromatic carbocycles. The van der Waals surface area contributed by atoms with E-state index in [0.717, 1.165) is 21.6 Å². The van der Waals surface area contributed by atoms with Gasteiger partial charge in [0.1, 0.15) is 5.70 Å². The van der Waals surface area contributed by atoms with Crippen molar-refractivity contribution in [2.24, 2.45) is 0 Å². The van der Waals surface area contributed by atoms with Gasteiger partial charge in [-0.15, -0.1) is 0 Å². The van der Waals surface area contributed by atoms with Gasteiger partial charge >= 0.3 is 0 Å². The van der Waals surface area contributed by atoms with Crippen molar-refractivity contribution in [3.05, 3.63) is 105 Å². The van der Waals surface area contributed by atoms with Gasteiger partial charge in [-0.25, -0.2) is 4.90 Å². The van der Waals surface area contributed by atoms with Gasteiger partial charge in [0.2, 0.25) is 0 Å². The van der Waals surface area contributed by atoms with Crippen LogP contribution in [0.2, 0.25) is 0 Å². The van der Waals surface area contributed by atoms with E-state index in [4.69, 9.17) is 0 Å². The lowest BCUT2D eigenvalue weighted by atomic mass is 10.0. The number of non-ortho nitro benzene ring substituents is 1. The summed E-state index contributed by atoms with van der Waals surface area (Å²) in [5, 5.41) is 14.2. The van der Waals surface area contributed by atoms with Crippen LogP contribution in [0.15, 0.2) is 72.4 Å². The molecule has 2 amide bonds. The number of nitro benzene ring substituents is 1. The average molecular weight is 427 g/mol. The molecule has 7 nitrogen and oxygen atoms in total. The zero-order chi connectivity index (χ0) is 23.0. The highest BCUT2D eigenvalue weighted by Crippen LogP contribution is 2.34. The Hall–Kier alpha value is -4.26. The lowest BCUT2D eigenvalue weighted by Crippen LogP contribution is -2.32. The number of carbonyl (C=O) groups excluding carboxylic acids is 2. The molecular weight excluding hydrogens is 406 g/mol. The lowest BCUT2D eigenvalue weighted by Gasteiger charge is -2.16. The monoisotopic (exact) mass is 427 g/mol. The molecule has 0 saturated heterocycles. The quantitative estimate of drug-likeness (QED) is 0.355. The van der Waals surface area contributed by atoms with Crippen LogP contribution in [0.25, 0.3) is 5.57 Å². The summed E-state index contributed by atoms with van der Waals surface area (Å²) in [6.45, 7) is 5.82. The summed E-state index contributed by atoms with van der Waals surface area (Å²) in [5.74, 6) is -0.967. The Balaban J connectivity index is 1.83. The summed E-state index contributed by atoms with van der Waals surface area (Å²) in [7, 11) is 0. The third-order valence-corrected chi connectivity index (χ3v) is 5.23. The first kappa shape index (κ1) is 21.0. The first-order valence-electron chi connectivity index (χ1n) is 10.0. The molecule has 0 bridgehead atoms. The van der Waals surface area contributed by atoms with Gasteiger partial charge in [-0.1, -0.05) is 23.8 Å². The van der Waals surface area contributed by atoms with E-state index in [9.17, 15) is 19.7 Å². The molecule has 4 rings (SSSR count). The zero-order valence-electron chi connectivity index (χ0n) is 17.9. The van der Waals surface area contributed by atoms with Crippen LogP contribution in [0.3, 0.4) is 0 Å². The summed E-state index contributed by atoms with van der Waals surface area (Å²) in [6.07, 6.45) is 0. The van der Waals surface area contributed by atoms with Crippen LogP contribution >= 0.6 is 0 Å². The molecule has 0 fully saturated rings. The van der Waals surface area contributed by atoms with Gasteiger partial charge in [0.25, 0.3) is 17.5 Å². The van der Waals surface area contributed by atoms with Crippen LogP contribution in [0.4, 0.5) is 17.1 Å². The highest BCUT2D eigenvalue weighted by atomic mass is 16.6. The molecule has 1 aliphatic heterocycles. The Kier molecular flexibility index (Phi) is 5.32. The first-order valence-corrected chi connectivity index (χ1v) is 10.0. The Morgan fingerprint density at radius 3 is 1.94 bits per heavy atom. The van der Waals surface area contributed by atoms with Crippen LogP contribution in [0, 0.1) is 30.9 Å². The Morgan fingerprint density at radius 1 is 0.781 bits per heavy atom.